The Bertz CT molecular complexity index is 2190. The minimum atomic E-state index is -4.18. The summed E-state index contributed by atoms with van der Waals surface area (Å²) in [6.07, 6.45) is 1.54. The first-order valence-electron chi connectivity index (χ1n) is 16.2. The fourth-order valence-corrected chi connectivity index (χ4v) is 6.38. The second kappa shape index (κ2) is 15.5. The molecule has 0 radical (unpaired) electrons. The standard InChI is InChI=1S/C36H40N8O6S/c1-6-10-29(31(45)19-25-11-8-7-9-12-25)39-34(46)22-50-36(47)44(27-14-13-23(2)32(21-27)51(37,48)49)35-38-18-17-33(40-35)42(4)26-15-16-28-24(3)43(5)41-30(28)20-26/h7-9,11-18,20-21,29H,6,10,19,22H2,1-5H3,(H,39,46)(H2,37,48,49). The van der Waals surface area contributed by atoms with Crippen LogP contribution in [0.15, 0.2) is 83.9 Å². The first kappa shape index (κ1) is 36.6. The summed E-state index contributed by atoms with van der Waals surface area (Å²) in [6.45, 7) is 4.71. The van der Waals surface area contributed by atoms with Crippen LogP contribution in [0, 0.1) is 13.8 Å². The molecule has 0 fully saturated rings. The van der Waals surface area contributed by atoms with Crippen molar-refractivity contribution in [2.75, 3.05) is 23.5 Å². The molecule has 2 amide bonds. The Hall–Kier alpha value is -5.67. The highest BCUT2D eigenvalue weighted by Crippen LogP contribution is 2.31. The summed E-state index contributed by atoms with van der Waals surface area (Å²) in [5.41, 5.74) is 3.76. The molecule has 0 spiro atoms. The number of ether oxygens (including phenoxy) is 1. The van der Waals surface area contributed by atoms with Crippen LogP contribution in [0.4, 0.5) is 27.9 Å². The van der Waals surface area contributed by atoms with E-state index in [0.29, 0.717) is 24.2 Å². The molecule has 0 bridgehead atoms. The number of fused-ring (bicyclic) bond motifs is 1. The number of nitrogens with one attached hydrogen (secondary N) is 1. The maximum absolute atomic E-state index is 13.8. The maximum atomic E-state index is 13.8. The van der Waals surface area contributed by atoms with Crippen molar-refractivity contribution >= 4 is 61.9 Å². The van der Waals surface area contributed by atoms with Crippen molar-refractivity contribution < 1.29 is 27.5 Å². The molecule has 3 N–H and O–H groups in total. The number of rotatable bonds is 13. The molecule has 2 aromatic heterocycles. The molecule has 266 valence electrons. The Kier molecular flexibility index (Phi) is 11.1. The van der Waals surface area contributed by atoms with E-state index in [-0.39, 0.29) is 28.7 Å². The minimum Gasteiger partial charge on any atom is -0.439 e. The van der Waals surface area contributed by atoms with E-state index in [0.717, 1.165) is 32.7 Å². The fourth-order valence-electron chi connectivity index (χ4n) is 5.58. The Labute approximate surface area is 296 Å². The van der Waals surface area contributed by atoms with E-state index < -0.39 is 34.7 Å². The summed E-state index contributed by atoms with van der Waals surface area (Å²) in [7, 11) is -0.528. The van der Waals surface area contributed by atoms with Gasteiger partial charge in [-0.3, -0.25) is 14.3 Å². The molecule has 0 aliphatic rings. The number of sulfonamides is 1. The highest BCUT2D eigenvalue weighted by Gasteiger charge is 2.27. The van der Waals surface area contributed by atoms with Crippen LogP contribution in [0.1, 0.15) is 36.6 Å². The van der Waals surface area contributed by atoms with Crippen molar-refractivity contribution in [1.82, 2.24) is 25.1 Å². The van der Waals surface area contributed by atoms with Gasteiger partial charge in [0, 0.05) is 43.5 Å². The molecule has 0 saturated heterocycles. The zero-order valence-corrected chi connectivity index (χ0v) is 29.8. The van der Waals surface area contributed by atoms with Gasteiger partial charge in [0.1, 0.15) is 5.82 Å². The molecule has 0 saturated carbocycles. The van der Waals surface area contributed by atoms with Gasteiger partial charge in [0.05, 0.1) is 22.1 Å². The summed E-state index contributed by atoms with van der Waals surface area (Å²) in [5, 5.41) is 13.7. The average Bonchev–Trinajstić information content (AvgIpc) is 3.39. The van der Waals surface area contributed by atoms with Crippen molar-refractivity contribution in [3.63, 3.8) is 0 Å². The van der Waals surface area contributed by atoms with Crippen LogP contribution < -0.4 is 20.3 Å². The molecule has 2 heterocycles. The number of nitrogens with zero attached hydrogens (tertiary/aromatic N) is 6. The van der Waals surface area contributed by atoms with Gasteiger partial charge in [-0.2, -0.15) is 10.1 Å². The van der Waals surface area contributed by atoms with E-state index in [1.165, 1.54) is 24.4 Å². The fraction of sp³-hybridized carbons (Fsp3) is 0.278. The molecule has 51 heavy (non-hydrogen) atoms. The van der Waals surface area contributed by atoms with Crippen molar-refractivity contribution in [1.29, 1.82) is 0 Å². The number of aryl methyl sites for hydroxylation is 3. The Morgan fingerprint density at radius 1 is 1.00 bits per heavy atom. The van der Waals surface area contributed by atoms with E-state index in [4.69, 9.17) is 9.88 Å². The highest BCUT2D eigenvalue weighted by atomic mass is 32.2. The number of benzene rings is 3. The maximum Gasteiger partial charge on any atom is 0.421 e. The van der Waals surface area contributed by atoms with E-state index in [1.54, 1.807) is 29.6 Å². The van der Waals surface area contributed by atoms with Crippen molar-refractivity contribution in [3.05, 3.63) is 95.8 Å². The lowest BCUT2D eigenvalue weighted by atomic mass is 10.0. The van der Waals surface area contributed by atoms with Gasteiger partial charge < -0.3 is 15.0 Å². The zero-order valence-electron chi connectivity index (χ0n) is 29.0. The third kappa shape index (κ3) is 8.56. The SMILES string of the molecule is CCCC(NC(=O)COC(=O)N(c1ccc(C)c(S(N)(=O)=O)c1)c1nccc(N(C)c2ccc3c(C)n(C)nc3c2)n1)C(=O)Cc1ccccc1. The monoisotopic (exact) mass is 712 g/mol. The van der Waals surface area contributed by atoms with Gasteiger partial charge in [-0.15, -0.1) is 0 Å². The summed E-state index contributed by atoms with van der Waals surface area (Å²) >= 11 is 0. The van der Waals surface area contributed by atoms with Crippen LogP contribution >= 0.6 is 0 Å². The highest BCUT2D eigenvalue weighted by molar-refractivity contribution is 7.89. The molecular weight excluding hydrogens is 673 g/mol. The molecule has 14 nitrogen and oxygen atoms in total. The summed E-state index contributed by atoms with van der Waals surface area (Å²) in [4.78, 5) is 51.3. The van der Waals surface area contributed by atoms with Crippen molar-refractivity contribution in [3.8, 4) is 0 Å². The van der Waals surface area contributed by atoms with E-state index in [9.17, 15) is 22.8 Å². The van der Waals surface area contributed by atoms with Crippen molar-refractivity contribution in [2.45, 2.75) is 51.0 Å². The van der Waals surface area contributed by atoms with Gasteiger partial charge in [0.15, 0.2) is 12.4 Å². The third-order valence-corrected chi connectivity index (χ3v) is 9.49. The minimum absolute atomic E-state index is 0.0297. The van der Waals surface area contributed by atoms with E-state index in [1.807, 2.05) is 69.4 Å². The van der Waals surface area contributed by atoms with Gasteiger partial charge >= 0.3 is 6.09 Å². The van der Waals surface area contributed by atoms with Gasteiger partial charge in [-0.25, -0.2) is 28.2 Å². The quantitative estimate of drug-likeness (QED) is 0.173. The van der Waals surface area contributed by atoms with Crippen LogP contribution in [0.25, 0.3) is 10.9 Å². The van der Waals surface area contributed by atoms with Crippen LogP contribution in [0.5, 0.6) is 0 Å². The number of hydrogen-bond acceptors (Lipinski definition) is 10. The number of aromatic nitrogens is 4. The Morgan fingerprint density at radius 3 is 2.43 bits per heavy atom. The first-order chi connectivity index (χ1) is 24.3. The average molecular weight is 713 g/mol. The van der Waals surface area contributed by atoms with E-state index in [2.05, 4.69) is 20.4 Å². The molecule has 5 aromatic rings. The molecule has 0 aliphatic heterocycles. The number of amides is 2. The number of Topliss-reactive ketones (excluding diaryl/α,β-unsaturated/α-hetero) is 1. The molecule has 3 aromatic carbocycles. The predicted octanol–water partition coefficient (Wildman–Crippen LogP) is 4.77. The van der Waals surface area contributed by atoms with Crippen molar-refractivity contribution in [2.24, 2.45) is 12.2 Å². The van der Waals surface area contributed by atoms with Gasteiger partial charge in [0.25, 0.3) is 5.91 Å². The zero-order chi connectivity index (χ0) is 36.9. The number of nitrogens with two attached hydrogens (primary N) is 1. The lowest BCUT2D eigenvalue weighted by molar-refractivity contribution is -0.129. The van der Waals surface area contributed by atoms with Gasteiger partial charge in [0.2, 0.25) is 16.0 Å². The molecule has 5 rings (SSSR count). The summed E-state index contributed by atoms with van der Waals surface area (Å²) < 4.78 is 32.1. The molecular formula is C36H40N8O6S. The largest absolute Gasteiger partial charge is 0.439 e. The first-order valence-corrected chi connectivity index (χ1v) is 17.8. The number of carbonyl (C=O) groups excluding carboxylic acids is 3. The van der Waals surface area contributed by atoms with Crippen LogP contribution in [0.3, 0.4) is 0 Å². The number of primary sulfonamides is 1. The molecule has 0 aliphatic carbocycles. The predicted molar refractivity (Wildman–Crippen MR) is 194 cm³/mol. The van der Waals surface area contributed by atoms with E-state index >= 15 is 0 Å². The molecule has 1 unspecified atom stereocenters. The number of hydrogen-bond donors (Lipinski definition) is 2. The lowest BCUT2D eigenvalue weighted by Crippen LogP contribution is -2.44. The lowest BCUT2D eigenvalue weighted by Gasteiger charge is -2.24. The van der Waals surface area contributed by atoms with Crippen LogP contribution in [0.2, 0.25) is 0 Å². The smallest absolute Gasteiger partial charge is 0.421 e. The van der Waals surface area contributed by atoms with Crippen LogP contribution in [-0.2, 0) is 37.8 Å². The second-order valence-electron chi connectivity index (χ2n) is 12.1. The van der Waals surface area contributed by atoms with Crippen LogP contribution in [-0.4, -0.2) is 65.6 Å². The summed E-state index contributed by atoms with van der Waals surface area (Å²) in [5.74, 6) is -0.635. The molecule has 1 atom stereocenters. The second-order valence-corrected chi connectivity index (χ2v) is 13.6. The Morgan fingerprint density at radius 2 is 1.73 bits per heavy atom. The van der Waals surface area contributed by atoms with Gasteiger partial charge in [-0.1, -0.05) is 49.7 Å². The third-order valence-electron chi connectivity index (χ3n) is 8.44. The number of carbonyl (C=O) groups is 3. The Balaban J connectivity index is 1.41. The van der Waals surface area contributed by atoms with Gasteiger partial charge in [-0.05, 0) is 67.8 Å². The number of anilines is 4. The topological polar surface area (TPSA) is 183 Å². The number of ketones is 1. The molecule has 15 heteroatoms. The normalized spacial score (nSPS) is 12.0. The summed E-state index contributed by atoms with van der Waals surface area (Å²) in [6, 6.07) is 20.0.